The van der Waals surface area contributed by atoms with Crippen molar-refractivity contribution in [2.24, 2.45) is 28.1 Å². The van der Waals surface area contributed by atoms with Crippen molar-refractivity contribution in [2.45, 2.75) is 108 Å². The summed E-state index contributed by atoms with van der Waals surface area (Å²) in [5.41, 5.74) is -0.569. The molecule has 4 saturated carbocycles. The van der Waals surface area contributed by atoms with E-state index in [1.807, 2.05) is 6.92 Å². The molecule has 1 saturated heterocycles. The molecule has 8 nitrogen and oxygen atoms in total. The van der Waals surface area contributed by atoms with E-state index in [0.29, 0.717) is 12.3 Å². The molecule has 0 unspecified atom stereocenters. The van der Waals surface area contributed by atoms with Crippen molar-refractivity contribution in [3.63, 3.8) is 0 Å². The van der Waals surface area contributed by atoms with E-state index in [-0.39, 0.29) is 16.7 Å². The van der Waals surface area contributed by atoms with Gasteiger partial charge in [-0.1, -0.05) is 19.9 Å². The van der Waals surface area contributed by atoms with E-state index in [0.717, 1.165) is 56.9 Å². The molecule has 2 bridgehead atoms. The molecule has 11 atom stereocenters. The monoisotopic (exact) mass is 466 g/mol. The van der Waals surface area contributed by atoms with Gasteiger partial charge in [0.2, 0.25) is 0 Å². The maximum Gasteiger partial charge on any atom is 0.309 e. The molecule has 4 aliphatic carbocycles. The van der Waals surface area contributed by atoms with Crippen LogP contribution in [0.1, 0.15) is 71.6 Å². The van der Waals surface area contributed by atoms with Gasteiger partial charge in [-0.25, -0.2) is 0 Å². The van der Waals surface area contributed by atoms with Gasteiger partial charge in [-0.05, 0) is 86.5 Å². The molecule has 186 valence electrons. The summed E-state index contributed by atoms with van der Waals surface area (Å²) in [4.78, 5) is 12.3. The summed E-state index contributed by atoms with van der Waals surface area (Å²) in [5, 5.41) is 50.4. The first kappa shape index (κ1) is 23.7. The van der Waals surface area contributed by atoms with E-state index >= 15 is 0 Å². The Balaban J connectivity index is 1.42. The molecule has 1 aliphatic heterocycles. The average Bonchev–Trinajstić information content (AvgIpc) is 2.94. The number of aliphatic carboxylic acids is 1. The molecule has 0 aromatic rings. The first-order valence-corrected chi connectivity index (χ1v) is 12.4. The van der Waals surface area contributed by atoms with Crippen LogP contribution < -0.4 is 0 Å². The van der Waals surface area contributed by atoms with Crippen LogP contribution in [0.2, 0.25) is 0 Å². The molecule has 0 radical (unpaired) electrons. The van der Waals surface area contributed by atoms with E-state index in [1.54, 1.807) is 0 Å². The number of rotatable bonds is 3. The number of carboxylic acid groups (broad SMARTS) is 1. The molecule has 5 fully saturated rings. The molecular weight excluding hydrogens is 428 g/mol. The zero-order valence-corrected chi connectivity index (χ0v) is 19.6. The van der Waals surface area contributed by atoms with Gasteiger partial charge in [0.25, 0.3) is 0 Å². The maximum absolute atomic E-state index is 12.3. The molecule has 1 spiro atoms. The second kappa shape index (κ2) is 7.48. The van der Waals surface area contributed by atoms with Gasteiger partial charge >= 0.3 is 5.97 Å². The maximum atomic E-state index is 12.3. The van der Waals surface area contributed by atoms with Gasteiger partial charge in [0.1, 0.15) is 18.3 Å². The zero-order valence-electron chi connectivity index (χ0n) is 19.6. The number of carbonyl (C=O) groups is 1. The van der Waals surface area contributed by atoms with E-state index in [1.165, 1.54) is 0 Å². The Morgan fingerprint density at radius 3 is 2.39 bits per heavy atom. The van der Waals surface area contributed by atoms with Gasteiger partial charge in [-0.2, -0.15) is 0 Å². The van der Waals surface area contributed by atoms with Gasteiger partial charge in [0.15, 0.2) is 12.6 Å². The predicted octanol–water partition coefficient (Wildman–Crippen LogP) is 1.94. The van der Waals surface area contributed by atoms with Crippen molar-refractivity contribution >= 4 is 5.97 Å². The van der Waals surface area contributed by atoms with Crippen molar-refractivity contribution in [3.05, 3.63) is 12.2 Å². The van der Waals surface area contributed by atoms with Gasteiger partial charge in [0.05, 0.1) is 11.0 Å². The standard InChI is InChI=1S/C25H38O8/c1-13-11-24-9-5-14-22(2,7-4-8-23(14,3)21(30)31)15(24)6-10-25(13,12-24)33-20-18(28)16(26)17(27)19(29)32-20/h14-20,26-29H,1,4-12H2,2-3H3,(H,30,31)/t14-,15-,16+,17+,18-,19+,20+,22+,23+,24+,25-/m0/s1. The summed E-state index contributed by atoms with van der Waals surface area (Å²) in [5.74, 6) is -0.167. The fourth-order valence-electron chi connectivity index (χ4n) is 8.92. The highest BCUT2D eigenvalue weighted by Gasteiger charge is 2.68. The van der Waals surface area contributed by atoms with Crippen LogP contribution in [-0.2, 0) is 14.3 Å². The lowest BCUT2D eigenvalue weighted by atomic mass is 9.41. The highest BCUT2D eigenvalue weighted by molar-refractivity contribution is 5.75. The minimum atomic E-state index is -1.64. The number of hydrogen-bond donors (Lipinski definition) is 5. The molecule has 0 amide bonds. The minimum Gasteiger partial charge on any atom is -0.481 e. The number of carboxylic acids is 1. The summed E-state index contributed by atoms with van der Waals surface area (Å²) in [6, 6.07) is 0. The molecule has 0 aromatic heterocycles. The van der Waals surface area contributed by atoms with Crippen LogP contribution in [0.5, 0.6) is 0 Å². The van der Waals surface area contributed by atoms with Crippen LogP contribution >= 0.6 is 0 Å². The molecule has 5 N–H and O–H groups in total. The Morgan fingerprint density at radius 2 is 1.70 bits per heavy atom. The fourth-order valence-corrected chi connectivity index (χ4v) is 8.92. The molecule has 1 heterocycles. The van der Waals surface area contributed by atoms with Crippen LogP contribution in [0.15, 0.2) is 12.2 Å². The molecular formula is C25H38O8. The predicted molar refractivity (Wildman–Crippen MR) is 117 cm³/mol. The Hall–Kier alpha value is -1.03. The van der Waals surface area contributed by atoms with E-state index in [2.05, 4.69) is 13.5 Å². The van der Waals surface area contributed by atoms with Crippen molar-refractivity contribution in [1.82, 2.24) is 0 Å². The van der Waals surface area contributed by atoms with Gasteiger partial charge in [0, 0.05) is 0 Å². The lowest BCUT2D eigenvalue weighted by molar-refractivity contribution is -0.359. The lowest BCUT2D eigenvalue weighted by Crippen LogP contribution is -2.61. The topological polar surface area (TPSA) is 137 Å². The molecule has 8 heteroatoms. The van der Waals surface area contributed by atoms with Crippen LogP contribution in [0.4, 0.5) is 0 Å². The van der Waals surface area contributed by atoms with Gasteiger partial charge < -0.3 is 35.0 Å². The third kappa shape index (κ3) is 3.14. The van der Waals surface area contributed by atoms with Crippen molar-refractivity contribution in [1.29, 1.82) is 0 Å². The smallest absolute Gasteiger partial charge is 0.309 e. The van der Waals surface area contributed by atoms with Crippen LogP contribution in [-0.4, -0.2) is 68.0 Å². The summed E-state index contributed by atoms with van der Waals surface area (Å²) >= 11 is 0. The van der Waals surface area contributed by atoms with E-state index in [9.17, 15) is 30.3 Å². The summed E-state index contributed by atoms with van der Waals surface area (Å²) in [6.07, 6.45) is -0.0300. The van der Waals surface area contributed by atoms with Crippen LogP contribution in [0, 0.1) is 28.1 Å². The number of hydrogen-bond acceptors (Lipinski definition) is 7. The van der Waals surface area contributed by atoms with Crippen molar-refractivity contribution in [3.8, 4) is 0 Å². The second-order valence-electron chi connectivity index (χ2n) is 12.1. The lowest BCUT2D eigenvalue weighted by Gasteiger charge is -2.64. The Bertz CT molecular complexity index is 846. The summed E-state index contributed by atoms with van der Waals surface area (Å²) < 4.78 is 11.7. The summed E-state index contributed by atoms with van der Waals surface area (Å²) in [7, 11) is 0. The average molecular weight is 467 g/mol. The first-order chi connectivity index (χ1) is 15.4. The SMILES string of the molecule is C=C1C[C@@]23CC[C@H]4[C@@](C)(CCC[C@@]4(C)C(=O)O)[C@@H]2CC[C@]1(O[C@H]1O[C@@H](O)[C@H](O)[C@@H](O)[C@@H]1O)C3. The van der Waals surface area contributed by atoms with Crippen LogP contribution in [0.25, 0.3) is 0 Å². The van der Waals surface area contributed by atoms with E-state index in [4.69, 9.17) is 9.47 Å². The van der Waals surface area contributed by atoms with Crippen molar-refractivity contribution < 1.29 is 39.8 Å². The first-order valence-electron chi connectivity index (χ1n) is 12.4. The van der Waals surface area contributed by atoms with Gasteiger partial charge in [-0.3, -0.25) is 4.79 Å². The quantitative estimate of drug-likeness (QED) is 0.314. The van der Waals surface area contributed by atoms with Gasteiger partial charge in [-0.15, -0.1) is 0 Å². The summed E-state index contributed by atoms with van der Waals surface area (Å²) in [6.45, 7) is 8.59. The largest absolute Gasteiger partial charge is 0.481 e. The molecule has 5 rings (SSSR count). The Kier molecular flexibility index (Phi) is 5.37. The Labute approximate surface area is 194 Å². The molecule has 5 aliphatic rings. The number of fused-ring (bicyclic) bond motifs is 3. The number of ether oxygens (including phenoxy) is 2. The number of aliphatic hydroxyl groups is 4. The fraction of sp³-hybridized carbons (Fsp3) is 0.880. The highest BCUT2D eigenvalue weighted by Crippen LogP contribution is 2.73. The second-order valence-corrected chi connectivity index (χ2v) is 12.1. The minimum absolute atomic E-state index is 0.0340. The normalized spacial score (nSPS) is 56.2. The number of aliphatic hydroxyl groups excluding tert-OH is 4. The molecule has 0 aromatic carbocycles. The third-order valence-corrected chi connectivity index (χ3v) is 10.5. The Morgan fingerprint density at radius 1 is 1.00 bits per heavy atom. The molecule has 33 heavy (non-hydrogen) atoms. The van der Waals surface area contributed by atoms with Crippen LogP contribution in [0.3, 0.4) is 0 Å². The highest BCUT2D eigenvalue weighted by atomic mass is 16.8. The van der Waals surface area contributed by atoms with Crippen molar-refractivity contribution in [2.75, 3.05) is 0 Å². The third-order valence-electron chi connectivity index (χ3n) is 10.5. The zero-order chi connectivity index (χ0) is 24.0. The van der Waals surface area contributed by atoms with E-state index < -0.39 is 47.9 Å².